The molecule has 3 rings (SSSR count). The molecule has 0 aliphatic carbocycles. The summed E-state index contributed by atoms with van der Waals surface area (Å²) in [6.45, 7) is 6.52. The van der Waals surface area contributed by atoms with Crippen LogP contribution >= 0.6 is 0 Å². The SMILES string of the molecule is CC(C)(C)c1ccc(-c2cnoc2-c2ccccc2F)cc1. The van der Waals surface area contributed by atoms with E-state index in [0.29, 0.717) is 11.3 Å². The Morgan fingerprint density at radius 3 is 2.23 bits per heavy atom. The Bertz CT molecular complexity index is 782. The summed E-state index contributed by atoms with van der Waals surface area (Å²) in [5, 5.41) is 3.85. The van der Waals surface area contributed by atoms with Crippen LogP contribution in [0.25, 0.3) is 22.5 Å². The van der Waals surface area contributed by atoms with E-state index < -0.39 is 0 Å². The lowest BCUT2D eigenvalue weighted by Gasteiger charge is -2.19. The first-order valence-electron chi connectivity index (χ1n) is 7.27. The number of rotatable bonds is 2. The van der Waals surface area contributed by atoms with E-state index >= 15 is 0 Å². The van der Waals surface area contributed by atoms with Crippen LogP contribution in [0, 0.1) is 5.82 Å². The molecule has 0 aliphatic rings. The summed E-state index contributed by atoms with van der Waals surface area (Å²) in [5.74, 6) is 0.147. The summed E-state index contributed by atoms with van der Waals surface area (Å²) in [7, 11) is 0. The molecule has 0 N–H and O–H groups in total. The van der Waals surface area contributed by atoms with Gasteiger partial charge >= 0.3 is 0 Å². The largest absolute Gasteiger partial charge is 0.356 e. The van der Waals surface area contributed by atoms with Gasteiger partial charge in [0.05, 0.1) is 11.8 Å². The van der Waals surface area contributed by atoms with Gasteiger partial charge in [-0.05, 0) is 28.7 Å². The molecular weight excluding hydrogens is 277 g/mol. The van der Waals surface area contributed by atoms with Crippen LogP contribution in [0.1, 0.15) is 26.3 Å². The molecular formula is C19H18FNO. The standard InChI is InChI=1S/C19H18FNO/c1-19(2,3)14-10-8-13(9-11-14)16-12-21-22-18(16)15-6-4-5-7-17(15)20/h4-12H,1-3H3. The first-order chi connectivity index (χ1) is 10.5. The van der Waals surface area contributed by atoms with Crippen molar-refractivity contribution >= 4 is 0 Å². The van der Waals surface area contributed by atoms with Crippen molar-refractivity contribution < 1.29 is 8.91 Å². The van der Waals surface area contributed by atoms with Gasteiger partial charge in [0, 0.05) is 5.56 Å². The van der Waals surface area contributed by atoms with Gasteiger partial charge in [-0.25, -0.2) is 4.39 Å². The molecule has 1 heterocycles. The van der Waals surface area contributed by atoms with Crippen LogP contribution < -0.4 is 0 Å². The minimum Gasteiger partial charge on any atom is -0.356 e. The van der Waals surface area contributed by atoms with Gasteiger partial charge < -0.3 is 4.52 Å². The van der Waals surface area contributed by atoms with E-state index in [-0.39, 0.29) is 11.2 Å². The van der Waals surface area contributed by atoms with E-state index in [1.54, 1.807) is 24.4 Å². The molecule has 2 aromatic carbocycles. The number of benzene rings is 2. The Hall–Kier alpha value is -2.42. The van der Waals surface area contributed by atoms with Gasteiger partial charge in [-0.3, -0.25) is 0 Å². The first-order valence-corrected chi connectivity index (χ1v) is 7.27. The fourth-order valence-corrected chi connectivity index (χ4v) is 2.43. The molecule has 0 bridgehead atoms. The Labute approximate surface area is 129 Å². The molecule has 3 aromatic rings. The van der Waals surface area contributed by atoms with Crippen LogP contribution in [0.2, 0.25) is 0 Å². The van der Waals surface area contributed by atoms with Crippen molar-refractivity contribution in [3.05, 3.63) is 66.1 Å². The minimum absolute atomic E-state index is 0.0988. The van der Waals surface area contributed by atoms with Gasteiger partial charge in [-0.1, -0.05) is 62.3 Å². The van der Waals surface area contributed by atoms with E-state index in [4.69, 9.17) is 4.52 Å². The quantitative estimate of drug-likeness (QED) is 0.628. The lowest BCUT2D eigenvalue weighted by atomic mass is 9.86. The predicted molar refractivity (Wildman–Crippen MR) is 86.0 cm³/mol. The number of halogens is 1. The number of hydrogen-bond donors (Lipinski definition) is 0. The molecule has 0 aliphatic heterocycles. The molecule has 0 saturated heterocycles. The minimum atomic E-state index is -0.313. The first kappa shape index (κ1) is 14.5. The zero-order chi connectivity index (χ0) is 15.7. The van der Waals surface area contributed by atoms with Gasteiger partial charge in [0.1, 0.15) is 5.82 Å². The Balaban J connectivity index is 2.04. The van der Waals surface area contributed by atoms with Crippen molar-refractivity contribution in [1.82, 2.24) is 5.16 Å². The smallest absolute Gasteiger partial charge is 0.177 e. The summed E-state index contributed by atoms with van der Waals surface area (Å²) >= 11 is 0. The second-order valence-electron chi connectivity index (χ2n) is 6.38. The van der Waals surface area contributed by atoms with Gasteiger partial charge in [0.25, 0.3) is 0 Å². The van der Waals surface area contributed by atoms with Crippen LogP contribution in [0.5, 0.6) is 0 Å². The highest BCUT2D eigenvalue weighted by molar-refractivity contribution is 5.79. The van der Waals surface area contributed by atoms with E-state index in [9.17, 15) is 4.39 Å². The molecule has 0 amide bonds. The van der Waals surface area contributed by atoms with E-state index in [1.165, 1.54) is 11.6 Å². The van der Waals surface area contributed by atoms with Crippen LogP contribution in [0.15, 0.2) is 59.3 Å². The van der Waals surface area contributed by atoms with E-state index in [1.807, 2.05) is 12.1 Å². The normalized spacial score (nSPS) is 11.6. The Kier molecular flexibility index (Phi) is 3.57. The molecule has 0 atom stereocenters. The molecule has 0 fully saturated rings. The second-order valence-corrected chi connectivity index (χ2v) is 6.38. The average molecular weight is 295 g/mol. The maximum atomic E-state index is 14.0. The van der Waals surface area contributed by atoms with E-state index in [2.05, 4.69) is 38.1 Å². The second kappa shape index (κ2) is 5.41. The molecule has 0 saturated carbocycles. The van der Waals surface area contributed by atoms with Crippen molar-refractivity contribution in [3.63, 3.8) is 0 Å². The molecule has 0 unspecified atom stereocenters. The van der Waals surface area contributed by atoms with Crippen molar-refractivity contribution in [1.29, 1.82) is 0 Å². The maximum absolute atomic E-state index is 14.0. The summed E-state index contributed by atoms with van der Waals surface area (Å²) in [6, 6.07) is 14.8. The van der Waals surface area contributed by atoms with Crippen LogP contribution in [-0.4, -0.2) is 5.16 Å². The summed E-state index contributed by atoms with van der Waals surface area (Å²) in [5.41, 5.74) is 3.54. The molecule has 112 valence electrons. The molecule has 2 nitrogen and oxygen atoms in total. The monoisotopic (exact) mass is 295 g/mol. The van der Waals surface area contributed by atoms with Gasteiger partial charge in [0.2, 0.25) is 0 Å². The zero-order valence-corrected chi connectivity index (χ0v) is 12.9. The predicted octanol–water partition coefficient (Wildman–Crippen LogP) is 5.45. The summed E-state index contributed by atoms with van der Waals surface area (Å²) < 4.78 is 19.3. The molecule has 1 aromatic heterocycles. The number of aromatic nitrogens is 1. The van der Waals surface area contributed by atoms with Crippen molar-refractivity contribution in [2.24, 2.45) is 0 Å². The molecule has 0 radical (unpaired) electrons. The third kappa shape index (κ3) is 2.67. The van der Waals surface area contributed by atoms with Gasteiger partial charge in [-0.2, -0.15) is 0 Å². The van der Waals surface area contributed by atoms with Crippen LogP contribution in [0.3, 0.4) is 0 Å². The summed E-state index contributed by atoms with van der Waals surface area (Å²) in [4.78, 5) is 0. The Morgan fingerprint density at radius 2 is 1.59 bits per heavy atom. The highest BCUT2D eigenvalue weighted by Gasteiger charge is 2.17. The molecule has 22 heavy (non-hydrogen) atoms. The average Bonchev–Trinajstić information content (AvgIpc) is 2.96. The lowest BCUT2D eigenvalue weighted by Crippen LogP contribution is -2.10. The topological polar surface area (TPSA) is 26.0 Å². The van der Waals surface area contributed by atoms with Gasteiger partial charge in [0.15, 0.2) is 5.76 Å². The molecule has 3 heteroatoms. The van der Waals surface area contributed by atoms with Crippen molar-refractivity contribution in [2.75, 3.05) is 0 Å². The zero-order valence-electron chi connectivity index (χ0n) is 12.9. The van der Waals surface area contributed by atoms with Crippen LogP contribution in [0.4, 0.5) is 4.39 Å². The maximum Gasteiger partial charge on any atom is 0.177 e. The third-order valence-corrected chi connectivity index (χ3v) is 3.75. The molecule has 0 spiro atoms. The third-order valence-electron chi connectivity index (χ3n) is 3.75. The van der Waals surface area contributed by atoms with Crippen molar-refractivity contribution in [2.45, 2.75) is 26.2 Å². The van der Waals surface area contributed by atoms with Crippen LogP contribution in [-0.2, 0) is 5.41 Å². The fourth-order valence-electron chi connectivity index (χ4n) is 2.43. The van der Waals surface area contributed by atoms with E-state index in [0.717, 1.165) is 11.1 Å². The van der Waals surface area contributed by atoms with Gasteiger partial charge in [-0.15, -0.1) is 0 Å². The summed E-state index contributed by atoms with van der Waals surface area (Å²) in [6.07, 6.45) is 1.63. The Morgan fingerprint density at radius 1 is 0.909 bits per heavy atom. The highest BCUT2D eigenvalue weighted by atomic mass is 19.1. The highest BCUT2D eigenvalue weighted by Crippen LogP contribution is 2.34. The lowest BCUT2D eigenvalue weighted by molar-refractivity contribution is 0.430. The number of hydrogen-bond acceptors (Lipinski definition) is 2. The van der Waals surface area contributed by atoms with Crippen molar-refractivity contribution in [3.8, 4) is 22.5 Å². The number of nitrogens with zero attached hydrogens (tertiary/aromatic N) is 1. The fraction of sp³-hybridized carbons (Fsp3) is 0.211.